The zero-order valence-electron chi connectivity index (χ0n) is 9.25. The molecule has 3 heteroatoms. The molecule has 1 fully saturated rings. The molecule has 0 atom stereocenters. The molecule has 1 aromatic rings. The van der Waals surface area contributed by atoms with Crippen molar-refractivity contribution in [2.24, 2.45) is 5.73 Å². The van der Waals surface area contributed by atoms with Crippen LogP contribution in [0.2, 0.25) is 0 Å². The normalized spacial score (nSPS) is 15.1. The Hall–Kier alpha value is -1.51. The Morgan fingerprint density at radius 1 is 1.47 bits per heavy atom. The first-order valence-electron chi connectivity index (χ1n) is 5.27. The van der Waals surface area contributed by atoms with Gasteiger partial charge in [0.1, 0.15) is 5.84 Å². The van der Waals surface area contributed by atoms with Crippen LogP contribution in [0.25, 0.3) is 0 Å². The molecule has 0 radical (unpaired) electrons. The molecule has 3 N–H and O–H groups in total. The Balaban J connectivity index is 2.28. The molecule has 1 saturated carbocycles. The Labute approximate surface area is 90.4 Å². The van der Waals surface area contributed by atoms with Crippen molar-refractivity contribution in [2.75, 3.05) is 11.9 Å². The van der Waals surface area contributed by atoms with Gasteiger partial charge in [0.05, 0.1) is 0 Å². The van der Waals surface area contributed by atoms with Crippen LogP contribution in [-0.4, -0.2) is 18.9 Å². The Kier molecular flexibility index (Phi) is 2.39. The van der Waals surface area contributed by atoms with Gasteiger partial charge in [-0.3, -0.25) is 5.41 Å². The molecule has 1 aromatic carbocycles. The van der Waals surface area contributed by atoms with Crippen LogP contribution in [0.1, 0.15) is 24.0 Å². The molecule has 0 aliphatic heterocycles. The zero-order chi connectivity index (χ0) is 11.0. The van der Waals surface area contributed by atoms with Crippen molar-refractivity contribution in [2.45, 2.75) is 25.8 Å². The summed E-state index contributed by atoms with van der Waals surface area (Å²) in [4.78, 5) is 2.30. The van der Waals surface area contributed by atoms with Gasteiger partial charge in [0, 0.05) is 24.3 Å². The van der Waals surface area contributed by atoms with Gasteiger partial charge in [0.15, 0.2) is 0 Å². The second-order valence-electron chi connectivity index (χ2n) is 4.25. The molecule has 0 bridgehead atoms. The smallest absolute Gasteiger partial charge is 0.123 e. The molecule has 0 saturated heterocycles. The van der Waals surface area contributed by atoms with E-state index in [9.17, 15) is 0 Å². The number of aryl methyl sites for hydroxylation is 1. The molecule has 0 aromatic heterocycles. The first-order valence-corrected chi connectivity index (χ1v) is 5.27. The van der Waals surface area contributed by atoms with Crippen LogP contribution in [0.3, 0.4) is 0 Å². The predicted molar refractivity (Wildman–Crippen MR) is 63.6 cm³/mol. The third-order valence-corrected chi connectivity index (χ3v) is 3.00. The Morgan fingerprint density at radius 2 is 2.13 bits per heavy atom. The molecule has 1 aliphatic rings. The summed E-state index contributed by atoms with van der Waals surface area (Å²) in [6.45, 7) is 2.00. The van der Waals surface area contributed by atoms with Crippen LogP contribution >= 0.6 is 0 Å². The molecule has 0 amide bonds. The SMILES string of the molecule is Cc1cc(N(C)C2CC2)ccc1C(=N)N. The molecule has 80 valence electrons. The number of anilines is 1. The van der Waals surface area contributed by atoms with Gasteiger partial charge in [-0.2, -0.15) is 0 Å². The van der Waals surface area contributed by atoms with Crippen molar-refractivity contribution in [3.8, 4) is 0 Å². The summed E-state index contributed by atoms with van der Waals surface area (Å²) in [6.07, 6.45) is 2.59. The average Bonchev–Trinajstić information content (AvgIpc) is 2.99. The number of amidine groups is 1. The summed E-state index contributed by atoms with van der Waals surface area (Å²) < 4.78 is 0. The van der Waals surface area contributed by atoms with Gasteiger partial charge in [-0.05, 0) is 43.5 Å². The highest BCUT2D eigenvalue weighted by Gasteiger charge is 2.26. The van der Waals surface area contributed by atoms with E-state index < -0.39 is 0 Å². The van der Waals surface area contributed by atoms with Crippen LogP contribution in [0.4, 0.5) is 5.69 Å². The number of hydrogen-bond acceptors (Lipinski definition) is 2. The van der Waals surface area contributed by atoms with E-state index in [1.54, 1.807) is 0 Å². The lowest BCUT2D eigenvalue weighted by atomic mass is 10.1. The lowest BCUT2D eigenvalue weighted by molar-refractivity contribution is 0.916. The third kappa shape index (κ3) is 1.96. The minimum atomic E-state index is 0.146. The van der Waals surface area contributed by atoms with E-state index in [0.717, 1.165) is 11.1 Å². The number of benzene rings is 1. The van der Waals surface area contributed by atoms with E-state index >= 15 is 0 Å². The number of nitrogens with zero attached hydrogens (tertiary/aromatic N) is 1. The van der Waals surface area contributed by atoms with Gasteiger partial charge in [-0.25, -0.2) is 0 Å². The summed E-state index contributed by atoms with van der Waals surface area (Å²) >= 11 is 0. The van der Waals surface area contributed by atoms with Crippen molar-refractivity contribution in [3.63, 3.8) is 0 Å². The van der Waals surface area contributed by atoms with Gasteiger partial charge in [0.2, 0.25) is 0 Å². The maximum absolute atomic E-state index is 7.42. The van der Waals surface area contributed by atoms with Crippen molar-refractivity contribution in [1.82, 2.24) is 0 Å². The van der Waals surface area contributed by atoms with Crippen molar-refractivity contribution < 1.29 is 0 Å². The lowest BCUT2D eigenvalue weighted by Crippen LogP contribution is -2.20. The van der Waals surface area contributed by atoms with E-state index in [1.165, 1.54) is 18.5 Å². The van der Waals surface area contributed by atoms with Crippen molar-refractivity contribution in [1.29, 1.82) is 5.41 Å². The molecule has 1 aliphatic carbocycles. The van der Waals surface area contributed by atoms with Gasteiger partial charge >= 0.3 is 0 Å². The number of rotatable bonds is 3. The zero-order valence-corrected chi connectivity index (χ0v) is 9.25. The largest absolute Gasteiger partial charge is 0.384 e. The van der Waals surface area contributed by atoms with E-state index in [0.29, 0.717) is 6.04 Å². The topological polar surface area (TPSA) is 53.1 Å². The monoisotopic (exact) mass is 203 g/mol. The molecular weight excluding hydrogens is 186 g/mol. The second-order valence-corrected chi connectivity index (χ2v) is 4.25. The standard InChI is InChI=1S/C12H17N3/c1-8-7-10(15(2)9-3-4-9)5-6-11(8)12(13)14/h5-7,9H,3-4H2,1-2H3,(H3,13,14). The van der Waals surface area contributed by atoms with Crippen LogP contribution in [0.15, 0.2) is 18.2 Å². The lowest BCUT2D eigenvalue weighted by Gasteiger charge is -2.19. The highest BCUT2D eigenvalue weighted by Crippen LogP contribution is 2.30. The van der Waals surface area contributed by atoms with Crippen molar-refractivity contribution >= 4 is 11.5 Å². The molecule has 0 spiro atoms. The summed E-state index contributed by atoms with van der Waals surface area (Å²) in [5.74, 6) is 0.146. The summed E-state index contributed by atoms with van der Waals surface area (Å²) in [7, 11) is 2.12. The molecular formula is C12H17N3. The van der Waals surface area contributed by atoms with Gasteiger partial charge in [-0.1, -0.05) is 0 Å². The fraction of sp³-hybridized carbons (Fsp3) is 0.417. The Morgan fingerprint density at radius 3 is 2.60 bits per heavy atom. The number of hydrogen-bond donors (Lipinski definition) is 2. The average molecular weight is 203 g/mol. The second kappa shape index (κ2) is 3.57. The first kappa shape index (κ1) is 10.0. The van der Waals surface area contributed by atoms with E-state index in [1.807, 2.05) is 19.1 Å². The highest BCUT2D eigenvalue weighted by atomic mass is 15.2. The van der Waals surface area contributed by atoms with Crippen LogP contribution in [-0.2, 0) is 0 Å². The molecule has 3 nitrogen and oxygen atoms in total. The van der Waals surface area contributed by atoms with E-state index in [2.05, 4.69) is 18.0 Å². The quantitative estimate of drug-likeness (QED) is 0.582. The van der Waals surface area contributed by atoms with Gasteiger partial charge in [0.25, 0.3) is 0 Å². The third-order valence-electron chi connectivity index (χ3n) is 3.00. The Bertz CT molecular complexity index is 394. The number of nitrogens with two attached hydrogens (primary N) is 1. The predicted octanol–water partition coefficient (Wildman–Crippen LogP) is 1.88. The molecule has 2 rings (SSSR count). The minimum absolute atomic E-state index is 0.146. The van der Waals surface area contributed by atoms with Gasteiger partial charge in [-0.15, -0.1) is 0 Å². The highest BCUT2D eigenvalue weighted by molar-refractivity contribution is 5.96. The van der Waals surface area contributed by atoms with Gasteiger partial charge < -0.3 is 10.6 Å². The van der Waals surface area contributed by atoms with Crippen molar-refractivity contribution in [3.05, 3.63) is 29.3 Å². The maximum Gasteiger partial charge on any atom is 0.123 e. The molecule has 0 unspecified atom stereocenters. The minimum Gasteiger partial charge on any atom is -0.384 e. The fourth-order valence-electron chi connectivity index (χ4n) is 1.84. The molecule has 15 heavy (non-hydrogen) atoms. The first-order chi connectivity index (χ1) is 7.09. The number of nitrogen functional groups attached to an aromatic ring is 1. The molecule has 0 heterocycles. The van der Waals surface area contributed by atoms with E-state index in [-0.39, 0.29) is 5.84 Å². The van der Waals surface area contributed by atoms with Crippen LogP contribution in [0, 0.1) is 12.3 Å². The summed E-state index contributed by atoms with van der Waals surface area (Å²) in [5, 5.41) is 7.42. The summed E-state index contributed by atoms with van der Waals surface area (Å²) in [5.41, 5.74) is 8.62. The number of nitrogens with one attached hydrogen (secondary N) is 1. The van der Waals surface area contributed by atoms with Crippen LogP contribution in [0.5, 0.6) is 0 Å². The summed E-state index contributed by atoms with van der Waals surface area (Å²) in [6, 6.07) is 6.80. The van der Waals surface area contributed by atoms with Crippen LogP contribution < -0.4 is 10.6 Å². The van der Waals surface area contributed by atoms with E-state index in [4.69, 9.17) is 11.1 Å². The maximum atomic E-state index is 7.42. The fourth-order valence-corrected chi connectivity index (χ4v) is 1.84.